The molecule has 2 aromatic carbocycles. The molecule has 0 fully saturated rings. The highest BCUT2D eigenvalue weighted by molar-refractivity contribution is 14.1. The summed E-state index contributed by atoms with van der Waals surface area (Å²) in [6.45, 7) is 0. The van der Waals surface area contributed by atoms with Crippen molar-refractivity contribution in [1.29, 1.82) is 0 Å². The maximum absolute atomic E-state index is 4.54. The summed E-state index contributed by atoms with van der Waals surface area (Å²) < 4.78 is 4.15. The lowest BCUT2D eigenvalue weighted by molar-refractivity contribution is 0.949. The molecule has 0 atom stereocenters. The van der Waals surface area contributed by atoms with E-state index in [1.54, 1.807) is 6.21 Å². The van der Waals surface area contributed by atoms with Gasteiger partial charge in [0.2, 0.25) is 0 Å². The van der Waals surface area contributed by atoms with E-state index in [1.165, 1.54) is 0 Å². The van der Waals surface area contributed by atoms with Gasteiger partial charge in [0.05, 0.1) is 11.7 Å². The Morgan fingerprint density at radius 1 is 1.20 bits per heavy atom. The minimum Gasteiger partial charge on any atom is -0.327 e. The quantitative estimate of drug-likeness (QED) is 0.255. The third kappa shape index (κ3) is 3.23. The maximum Gasteiger partial charge on any atom is 0.265 e. The number of rotatable bonds is 3. The number of nitrogens with zero attached hydrogens (tertiary/aromatic N) is 5. The van der Waals surface area contributed by atoms with Gasteiger partial charge < -0.3 is 4.57 Å². The van der Waals surface area contributed by atoms with E-state index >= 15 is 0 Å². The molecule has 124 valence electrons. The standard InChI is InChI=1S/C17H12BrIN6/c1-25-14-6-5-11(18)8-13(14)15-16(25)21-17(24-22-15)23-20-9-10-3-2-4-12(19)7-10/h2-9H,1H3,(H,21,23,24)/b20-9-. The zero-order chi connectivity index (χ0) is 17.4. The molecular weight excluding hydrogens is 495 g/mol. The second-order valence-corrected chi connectivity index (χ2v) is 7.61. The maximum atomic E-state index is 4.54. The van der Waals surface area contributed by atoms with Crippen LogP contribution in [0.15, 0.2) is 52.0 Å². The molecule has 2 heterocycles. The van der Waals surface area contributed by atoms with E-state index in [1.807, 2.05) is 54.1 Å². The van der Waals surface area contributed by atoms with Crippen LogP contribution >= 0.6 is 38.5 Å². The van der Waals surface area contributed by atoms with Crippen LogP contribution < -0.4 is 5.43 Å². The fourth-order valence-corrected chi connectivity index (χ4v) is 3.56. The van der Waals surface area contributed by atoms with Crippen molar-refractivity contribution in [3.63, 3.8) is 0 Å². The van der Waals surface area contributed by atoms with Crippen molar-refractivity contribution < 1.29 is 0 Å². The van der Waals surface area contributed by atoms with Crippen LogP contribution in [0.5, 0.6) is 0 Å². The van der Waals surface area contributed by atoms with Crippen molar-refractivity contribution in [3.05, 3.63) is 56.1 Å². The molecule has 0 amide bonds. The van der Waals surface area contributed by atoms with Crippen molar-refractivity contribution in [2.24, 2.45) is 12.1 Å². The summed E-state index contributed by atoms with van der Waals surface area (Å²) in [7, 11) is 1.96. The predicted octanol–water partition coefficient (Wildman–Crippen LogP) is 4.33. The molecule has 0 bridgehead atoms. The number of aryl methyl sites for hydroxylation is 1. The molecule has 0 spiro atoms. The number of benzene rings is 2. The first-order valence-corrected chi connectivity index (χ1v) is 9.32. The number of aromatic nitrogens is 4. The van der Waals surface area contributed by atoms with E-state index in [0.717, 1.165) is 35.7 Å². The van der Waals surface area contributed by atoms with Crippen LogP contribution in [0.1, 0.15) is 5.56 Å². The fourth-order valence-electron chi connectivity index (χ4n) is 2.63. The molecule has 8 heteroatoms. The van der Waals surface area contributed by atoms with Gasteiger partial charge in [-0.2, -0.15) is 10.1 Å². The minimum atomic E-state index is 0.361. The van der Waals surface area contributed by atoms with Crippen LogP contribution in [-0.4, -0.2) is 26.0 Å². The third-order valence-corrected chi connectivity index (χ3v) is 4.95. The van der Waals surface area contributed by atoms with Gasteiger partial charge in [-0.05, 0) is 58.5 Å². The van der Waals surface area contributed by atoms with Gasteiger partial charge in [-0.15, -0.1) is 10.2 Å². The van der Waals surface area contributed by atoms with Gasteiger partial charge in [0.15, 0.2) is 5.65 Å². The van der Waals surface area contributed by atoms with Gasteiger partial charge >= 0.3 is 0 Å². The Hall–Kier alpha value is -2.07. The minimum absolute atomic E-state index is 0.361. The largest absolute Gasteiger partial charge is 0.327 e. The zero-order valence-electron chi connectivity index (χ0n) is 13.1. The van der Waals surface area contributed by atoms with Crippen molar-refractivity contribution in [1.82, 2.24) is 19.7 Å². The summed E-state index contributed by atoms with van der Waals surface area (Å²) in [6, 6.07) is 14.1. The Labute approximate surface area is 165 Å². The second-order valence-electron chi connectivity index (χ2n) is 5.45. The summed E-state index contributed by atoms with van der Waals surface area (Å²) in [5.41, 5.74) is 6.43. The molecule has 4 rings (SSSR count). The molecule has 0 unspecified atom stereocenters. The van der Waals surface area contributed by atoms with Crippen molar-refractivity contribution in [2.45, 2.75) is 0 Å². The van der Waals surface area contributed by atoms with Crippen molar-refractivity contribution in [2.75, 3.05) is 5.43 Å². The number of fused-ring (bicyclic) bond motifs is 3. The second kappa shape index (κ2) is 6.68. The van der Waals surface area contributed by atoms with E-state index in [-0.39, 0.29) is 0 Å². The molecule has 0 aliphatic heterocycles. The number of hydrazone groups is 1. The third-order valence-electron chi connectivity index (χ3n) is 3.79. The van der Waals surface area contributed by atoms with Gasteiger partial charge in [0.25, 0.3) is 5.95 Å². The summed E-state index contributed by atoms with van der Waals surface area (Å²) in [6.07, 6.45) is 1.73. The van der Waals surface area contributed by atoms with E-state index in [4.69, 9.17) is 0 Å². The molecule has 6 nitrogen and oxygen atoms in total. The average molecular weight is 507 g/mol. The highest BCUT2D eigenvalue weighted by atomic mass is 127. The molecule has 1 N–H and O–H groups in total. The first-order chi connectivity index (χ1) is 12.1. The highest BCUT2D eigenvalue weighted by Crippen LogP contribution is 2.27. The summed E-state index contributed by atoms with van der Waals surface area (Å²) >= 11 is 5.76. The average Bonchev–Trinajstić information content (AvgIpc) is 2.87. The van der Waals surface area contributed by atoms with Crippen LogP contribution in [0.25, 0.3) is 22.1 Å². The monoisotopic (exact) mass is 506 g/mol. The Bertz CT molecular complexity index is 1120. The number of hydrogen-bond donors (Lipinski definition) is 1. The Kier molecular flexibility index (Phi) is 4.38. The summed E-state index contributed by atoms with van der Waals surface area (Å²) in [5, 5.41) is 13.7. The lowest BCUT2D eigenvalue weighted by Crippen LogP contribution is -2.00. The molecule has 25 heavy (non-hydrogen) atoms. The molecule has 0 aliphatic rings. The molecule has 4 aromatic rings. The summed E-state index contributed by atoms with van der Waals surface area (Å²) in [4.78, 5) is 4.54. The Morgan fingerprint density at radius 2 is 2.08 bits per heavy atom. The molecule has 2 aromatic heterocycles. The molecular formula is C17H12BrIN6. The highest BCUT2D eigenvalue weighted by Gasteiger charge is 2.12. The van der Waals surface area contributed by atoms with Crippen LogP contribution in [0.3, 0.4) is 0 Å². The Morgan fingerprint density at radius 3 is 2.92 bits per heavy atom. The number of anilines is 1. The smallest absolute Gasteiger partial charge is 0.265 e. The fraction of sp³-hybridized carbons (Fsp3) is 0.0588. The van der Waals surface area contributed by atoms with Crippen molar-refractivity contribution >= 4 is 72.8 Å². The predicted molar refractivity (Wildman–Crippen MR) is 112 cm³/mol. The normalized spacial score (nSPS) is 11.6. The zero-order valence-corrected chi connectivity index (χ0v) is 16.9. The molecule has 0 aliphatic carbocycles. The molecule has 0 saturated heterocycles. The van der Waals surface area contributed by atoms with Crippen LogP contribution in [0.2, 0.25) is 0 Å². The first kappa shape index (κ1) is 16.4. The number of halogens is 2. The van der Waals surface area contributed by atoms with Crippen LogP contribution in [0, 0.1) is 3.57 Å². The first-order valence-electron chi connectivity index (χ1n) is 7.45. The van der Waals surface area contributed by atoms with E-state index in [0.29, 0.717) is 5.95 Å². The lowest BCUT2D eigenvalue weighted by Gasteiger charge is -1.99. The Balaban J connectivity index is 1.67. The molecule has 0 radical (unpaired) electrons. The van der Waals surface area contributed by atoms with Gasteiger partial charge in [-0.1, -0.05) is 28.1 Å². The molecule has 0 saturated carbocycles. The summed E-state index contributed by atoms with van der Waals surface area (Å²) in [5.74, 6) is 0.361. The van der Waals surface area contributed by atoms with Crippen LogP contribution in [-0.2, 0) is 7.05 Å². The van der Waals surface area contributed by atoms with E-state index < -0.39 is 0 Å². The van der Waals surface area contributed by atoms with Gasteiger partial charge in [0.1, 0.15) is 5.52 Å². The number of hydrogen-bond acceptors (Lipinski definition) is 5. The van der Waals surface area contributed by atoms with Gasteiger partial charge in [0, 0.05) is 20.5 Å². The van der Waals surface area contributed by atoms with Crippen LogP contribution in [0.4, 0.5) is 5.95 Å². The lowest BCUT2D eigenvalue weighted by atomic mass is 10.2. The van der Waals surface area contributed by atoms with Gasteiger partial charge in [-0.3, -0.25) is 0 Å². The van der Waals surface area contributed by atoms with Gasteiger partial charge in [-0.25, -0.2) is 5.43 Å². The topological polar surface area (TPSA) is 68.0 Å². The van der Waals surface area contributed by atoms with Crippen molar-refractivity contribution in [3.8, 4) is 0 Å². The number of nitrogens with one attached hydrogen (secondary N) is 1. The SMILES string of the molecule is Cn1c2ccc(Br)cc2c2nnc(N/N=C\c3cccc(I)c3)nc21. The van der Waals surface area contributed by atoms with E-state index in [2.05, 4.69) is 64.2 Å². The van der Waals surface area contributed by atoms with E-state index in [9.17, 15) is 0 Å².